The molecular weight excluding hydrogens is 166 g/mol. The zero-order valence-electron chi connectivity index (χ0n) is 7.23. The number of aliphatic hydroxyl groups is 1. The molecule has 0 aliphatic rings. The number of aliphatic hydroxyl groups excluding tert-OH is 1. The molecule has 2 rings (SSSR count). The fourth-order valence-corrected chi connectivity index (χ4v) is 1.34. The van der Waals surface area contributed by atoms with Gasteiger partial charge in [-0.2, -0.15) is 0 Å². The Morgan fingerprint density at radius 3 is 3.15 bits per heavy atom. The van der Waals surface area contributed by atoms with Crippen molar-refractivity contribution in [3.05, 3.63) is 30.2 Å². The van der Waals surface area contributed by atoms with Gasteiger partial charge in [0.05, 0.1) is 0 Å². The smallest absolute Gasteiger partial charge is 0.181 e. The molecule has 0 aliphatic carbocycles. The van der Waals surface area contributed by atoms with Gasteiger partial charge in [0.1, 0.15) is 5.52 Å². The molecule has 68 valence electrons. The summed E-state index contributed by atoms with van der Waals surface area (Å²) in [6.07, 6.45) is 3.13. The minimum absolute atomic E-state index is 0.233. The second kappa shape index (κ2) is 3.58. The van der Waals surface area contributed by atoms with E-state index in [1.54, 1.807) is 0 Å². The molecule has 0 amide bonds. The second-order valence-corrected chi connectivity index (χ2v) is 2.98. The van der Waals surface area contributed by atoms with Crippen molar-refractivity contribution >= 4 is 11.1 Å². The minimum Gasteiger partial charge on any atom is -0.443 e. The number of hydrogen-bond donors (Lipinski definition) is 1. The molecule has 0 spiro atoms. The predicted molar refractivity (Wildman–Crippen MR) is 49.4 cm³/mol. The summed E-state index contributed by atoms with van der Waals surface area (Å²) in [7, 11) is 0. The standard InChI is InChI=1S/C10H11NO2/c12-5-1-2-8-3-4-10-9(6-8)11-7-13-10/h3-4,6-7,12H,1-2,5H2. The van der Waals surface area contributed by atoms with Gasteiger partial charge in [-0.15, -0.1) is 0 Å². The van der Waals surface area contributed by atoms with E-state index in [0.29, 0.717) is 0 Å². The summed E-state index contributed by atoms with van der Waals surface area (Å²) in [5.74, 6) is 0. The minimum atomic E-state index is 0.233. The van der Waals surface area contributed by atoms with Crippen molar-refractivity contribution in [1.29, 1.82) is 0 Å². The summed E-state index contributed by atoms with van der Waals surface area (Å²) in [4.78, 5) is 4.06. The molecule has 0 unspecified atom stereocenters. The van der Waals surface area contributed by atoms with Crippen LogP contribution in [0.5, 0.6) is 0 Å². The molecule has 13 heavy (non-hydrogen) atoms. The van der Waals surface area contributed by atoms with Crippen LogP contribution in [0.25, 0.3) is 11.1 Å². The molecule has 1 aromatic carbocycles. The summed E-state index contributed by atoms with van der Waals surface area (Å²) in [5.41, 5.74) is 2.89. The first-order valence-corrected chi connectivity index (χ1v) is 4.33. The van der Waals surface area contributed by atoms with Gasteiger partial charge in [-0.25, -0.2) is 4.98 Å². The van der Waals surface area contributed by atoms with Gasteiger partial charge in [0.15, 0.2) is 12.0 Å². The molecular formula is C10H11NO2. The van der Waals surface area contributed by atoms with Gasteiger partial charge in [-0.05, 0) is 30.5 Å². The highest BCUT2D eigenvalue weighted by atomic mass is 16.3. The highest BCUT2D eigenvalue weighted by molar-refractivity contribution is 5.72. The predicted octanol–water partition coefficient (Wildman–Crippen LogP) is 1.75. The summed E-state index contributed by atoms with van der Waals surface area (Å²) in [6, 6.07) is 5.91. The van der Waals surface area contributed by atoms with Crippen LogP contribution in [0.4, 0.5) is 0 Å². The van der Waals surface area contributed by atoms with Crippen molar-refractivity contribution in [3.8, 4) is 0 Å². The Bertz CT molecular complexity index is 394. The van der Waals surface area contributed by atoms with Crippen LogP contribution < -0.4 is 0 Å². The van der Waals surface area contributed by atoms with E-state index < -0.39 is 0 Å². The molecule has 3 heteroatoms. The Balaban J connectivity index is 2.26. The van der Waals surface area contributed by atoms with Gasteiger partial charge in [-0.3, -0.25) is 0 Å². The van der Waals surface area contributed by atoms with Gasteiger partial charge in [0.25, 0.3) is 0 Å². The third-order valence-electron chi connectivity index (χ3n) is 2.02. The number of benzene rings is 1. The van der Waals surface area contributed by atoms with E-state index in [1.165, 1.54) is 12.0 Å². The molecule has 0 bridgehead atoms. The maximum atomic E-state index is 8.67. The lowest BCUT2D eigenvalue weighted by molar-refractivity contribution is 0.288. The number of nitrogens with zero attached hydrogens (tertiary/aromatic N) is 1. The molecule has 1 aromatic heterocycles. The monoisotopic (exact) mass is 177 g/mol. The molecule has 0 atom stereocenters. The van der Waals surface area contributed by atoms with E-state index in [4.69, 9.17) is 9.52 Å². The van der Waals surface area contributed by atoms with Crippen molar-refractivity contribution in [1.82, 2.24) is 4.98 Å². The first-order valence-electron chi connectivity index (χ1n) is 4.33. The summed E-state index contributed by atoms with van der Waals surface area (Å²) in [5, 5.41) is 8.67. The molecule has 1 N–H and O–H groups in total. The molecule has 2 aromatic rings. The summed E-state index contributed by atoms with van der Waals surface area (Å²) < 4.78 is 5.12. The van der Waals surface area contributed by atoms with Crippen LogP contribution >= 0.6 is 0 Å². The number of aromatic nitrogens is 1. The number of fused-ring (bicyclic) bond motifs is 1. The first kappa shape index (κ1) is 8.26. The average molecular weight is 177 g/mol. The molecule has 0 aliphatic heterocycles. The topological polar surface area (TPSA) is 46.3 Å². The fourth-order valence-electron chi connectivity index (χ4n) is 1.34. The molecule has 0 saturated heterocycles. The lowest BCUT2D eigenvalue weighted by Gasteiger charge is -1.97. The highest BCUT2D eigenvalue weighted by Gasteiger charge is 1.99. The van der Waals surface area contributed by atoms with Crippen molar-refractivity contribution in [3.63, 3.8) is 0 Å². The van der Waals surface area contributed by atoms with Crippen molar-refractivity contribution in [2.75, 3.05) is 6.61 Å². The van der Waals surface area contributed by atoms with Crippen molar-refractivity contribution in [2.45, 2.75) is 12.8 Å². The van der Waals surface area contributed by atoms with E-state index in [-0.39, 0.29) is 6.61 Å². The molecule has 3 nitrogen and oxygen atoms in total. The van der Waals surface area contributed by atoms with Crippen LogP contribution in [0.1, 0.15) is 12.0 Å². The van der Waals surface area contributed by atoms with Gasteiger partial charge in [-0.1, -0.05) is 6.07 Å². The first-order chi connectivity index (χ1) is 6.40. The Kier molecular flexibility index (Phi) is 2.27. The third kappa shape index (κ3) is 1.70. The number of aryl methyl sites for hydroxylation is 1. The van der Waals surface area contributed by atoms with Crippen LogP contribution in [-0.2, 0) is 6.42 Å². The van der Waals surface area contributed by atoms with Crippen molar-refractivity contribution in [2.24, 2.45) is 0 Å². The number of rotatable bonds is 3. The highest BCUT2D eigenvalue weighted by Crippen LogP contribution is 2.14. The van der Waals surface area contributed by atoms with Crippen LogP contribution in [0.15, 0.2) is 29.0 Å². The van der Waals surface area contributed by atoms with Crippen LogP contribution in [0, 0.1) is 0 Å². The van der Waals surface area contributed by atoms with E-state index in [9.17, 15) is 0 Å². The van der Waals surface area contributed by atoms with Crippen molar-refractivity contribution < 1.29 is 9.52 Å². The Morgan fingerprint density at radius 2 is 2.31 bits per heavy atom. The second-order valence-electron chi connectivity index (χ2n) is 2.98. The van der Waals surface area contributed by atoms with Gasteiger partial charge in [0, 0.05) is 6.61 Å². The van der Waals surface area contributed by atoms with Gasteiger partial charge < -0.3 is 9.52 Å². The maximum Gasteiger partial charge on any atom is 0.181 e. The van der Waals surface area contributed by atoms with E-state index in [0.717, 1.165) is 23.9 Å². The summed E-state index contributed by atoms with van der Waals surface area (Å²) >= 11 is 0. The zero-order chi connectivity index (χ0) is 9.10. The van der Waals surface area contributed by atoms with Crippen LogP contribution in [0.2, 0.25) is 0 Å². The lowest BCUT2D eigenvalue weighted by Crippen LogP contribution is -1.88. The zero-order valence-corrected chi connectivity index (χ0v) is 7.23. The largest absolute Gasteiger partial charge is 0.443 e. The number of oxazole rings is 1. The SMILES string of the molecule is OCCCc1ccc2ocnc2c1. The van der Waals surface area contributed by atoms with Crippen LogP contribution in [0.3, 0.4) is 0 Å². The van der Waals surface area contributed by atoms with E-state index in [1.807, 2.05) is 18.2 Å². The van der Waals surface area contributed by atoms with Crippen LogP contribution in [-0.4, -0.2) is 16.7 Å². The van der Waals surface area contributed by atoms with E-state index in [2.05, 4.69) is 4.98 Å². The normalized spacial score (nSPS) is 10.8. The third-order valence-corrected chi connectivity index (χ3v) is 2.02. The Morgan fingerprint density at radius 1 is 1.38 bits per heavy atom. The molecule has 0 fully saturated rings. The maximum absolute atomic E-state index is 8.67. The quantitative estimate of drug-likeness (QED) is 0.776. The molecule has 1 heterocycles. The Hall–Kier alpha value is -1.35. The fraction of sp³-hybridized carbons (Fsp3) is 0.300. The average Bonchev–Trinajstić information content (AvgIpc) is 2.61. The van der Waals surface area contributed by atoms with Gasteiger partial charge >= 0.3 is 0 Å². The lowest BCUT2D eigenvalue weighted by atomic mass is 10.1. The molecule has 0 radical (unpaired) electrons. The van der Waals surface area contributed by atoms with E-state index >= 15 is 0 Å². The summed E-state index contributed by atoms with van der Waals surface area (Å²) in [6.45, 7) is 0.233. The Labute approximate surface area is 76.0 Å². The molecule has 0 saturated carbocycles. The number of hydrogen-bond acceptors (Lipinski definition) is 3. The van der Waals surface area contributed by atoms with Gasteiger partial charge in [0.2, 0.25) is 0 Å².